The number of benzene rings is 2. The highest BCUT2D eigenvalue weighted by molar-refractivity contribution is 7.92. The zero-order chi connectivity index (χ0) is 25.8. The van der Waals surface area contributed by atoms with E-state index in [0.717, 1.165) is 21.7 Å². The summed E-state index contributed by atoms with van der Waals surface area (Å²) in [7, 11) is -3.79. The van der Waals surface area contributed by atoms with E-state index in [2.05, 4.69) is 5.32 Å². The van der Waals surface area contributed by atoms with Crippen molar-refractivity contribution < 1.29 is 18.0 Å². The lowest BCUT2D eigenvalue weighted by Crippen LogP contribution is -2.52. The highest BCUT2D eigenvalue weighted by atomic mass is 35.5. The molecule has 1 N–H and O–H groups in total. The number of rotatable bonds is 9. The first kappa shape index (κ1) is 28.0. The minimum absolute atomic E-state index is 0.00592. The van der Waals surface area contributed by atoms with Gasteiger partial charge in [0.15, 0.2) is 0 Å². The first-order valence-corrected chi connectivity index (χ1v) is 13.4. The maximum Gasteiger partial charge on any atom is 0.244 e. The Labute approximate surface area is 212 Å². The molecule has 2 aromatic carbocycles. The first-order valence-electron chi connectivity index (χ1n) is 10.8. The average molecular weight is 529 g/mol. The van der Waals surface area contributed by atoms with Crippen molar-refractivity contribution in [2.75, 3.05) is 17.1 Å². The van der Waals surface area contributed by atoms with Crippen LogP contribution in [0.15, 0.2) is 36.4 Å². The molecule has 2 aromatic rings. The van der Waals surface area contributed by atoms with Crippen LogP contribution in [0.1, 0.15) is 37.5 Å². The van der Waals surface area contributed by atoms with Crippen molar-refractivity contribution in [2.24, 2.45) is 0 Å². The van der Waals surface area contributed by atoms with Crippen molar-refractivity contribution in [1.82, 2.24) is 10.2 Å². The fourth-order valence-electron chi connectivity index (χ4n) is 3.53. The third-order valence-corrected chi connectivity index (χ3v) is 6.86. The number of sulfonamides is 1. The summed E-state index contributed by atoms with van der Waals surface area (Å²) < 4.78 is 26.4. The Morgan fingerprint density at radius 3 is 2.09 bits per heavy atom. The molecule has 1 atom stereocenters. The molecule has 0 aromatic heterocycles. The van der Waals surface area contributed by atoms with Crippen LogP contribution in [-0.4, -0.2) is 50.0 Å². The van der Waals surface area contributed by atoms with Gasteiger partial charge in [-0.05, 0) is 75.6 Å². The summed E-state index contributed by atoms with van der Waals surface area (Å²) in [4.78, 5) is 27.6. The Hall–Kier alpha value is -2.29. The van der Waals surface area contributed by atoms with E-state index in [0.29, 0.717) is 21.3 Å². The number of aryl methyl sites for hydroxylation is 2. The molecule has 186 valence electrons. The number of hydrogen-bond acceptors (Lipinski definition) is 4. The predicted octanol–water partition coefficient (Wildman–Crippen LogP) is 4.32. The van der Waals surface area contributed by atoms with Crippen molar-refractivity contribution in [3.8, 4) is 0 Å². The molecule has 2 rings (SSSR count). The molecule has 2 amide bonds. The quantitative estimate of drug-likeness (QED) is 0.526. The maximum atomic E-state index is 13.5. The SMILES string of the molecule is Cc1cc(C)cc(N(CC(=O)N(Cc2ccc(Cl)cc2Cl)[C@H](C)C(=O)NC(C)C)S(C)(=O)=O)c1. The van der Waals surface area contributed by atoms with Crippen LogP contribution < -0.4 is 9.62 Å². The summed E-state index contributed by atoms with van der Waals surface area (Å²) in [5.41, 5.74) is 2.70. The minimum atomic E-state index is -3.79. The lowest BCUT2D eigenvalue weighted by atomic mass is 10.1. The van der Waals surface area contributed by atoms with Gasteiger partial charge in [-0.3, -0.25) is 13.9 Å². The Morgan fingerprint density at radius 2 is 1.59 bits per heavy atom. The highest BCUT2D eigenvalue weighted by Crippen LogP contribution is 2.25. The molecule has 0 spiro atoms. The molecule has 10 heteroatoms. The van der Waals surface area contributed by atoms with E-state index in [1.165, 1.54) is 4.90 Å². The van der Waals surface area contributed by atoms with Gasteiger partial charge in [0.2, 0.25) is 21.8 Å². The van der Waals surface area contributed by atoms with Gasteiger partial charge in [-0.1, -0.05) is 35.3 Å². The average Bonchev–Trinajstić information content (AvgIpc) is 2.68. The van der Waals surface area contributed by atoms with Crippen LogP contribution in [0.3, 0.4) is 0 Å². The Morgan fingerprint density at radius 1 is 1.00 bits per heavy atom. The second kappa shape index (κ2) is 11.4. The third kappa shape index (κ3) is 7.61. The lowest BCUT2D eigenvalue weighted by Gasteiger charge is -2.32. The van der Waals surface area contributed by atoms with Crippen molar-refractivity contribution in [3.63, 3.8) is 0 Å². The largest absolute Gasteiger partial charge is 0.352 e. The summed E-state index contributed by atoms with van der Waals surface area (Å²) in [5.74, 6) is -0.896. The molecule has 0 fully saturated rings. The summed E-state index contributed by atoms with van der Waals surface area (Å²) in [6.45, 7) is 8.48. The van der Waals surface area contributed by atoms with Gasteiger partial charge in [0.05, 0.1) is 11.9 Å². The Kier molecular flexibility index (Phi) is 9.39. The van der Waals surface area contributed by atoms with Gasteiger partial charge < -0.3 is 10.2 Å². The molecule has 7 nitrogen and oxygen atoms in total. The zero-order valence-electron chi connectivity index (χ0n) is 20.2. The molecule has 0 saturated carbocycles. The lowest BCUT2D eigenvalue weighted by molar-refractivity contribution is -0.139. The van der Waals surface area contributed by atoms with Gasteiger partial charge in [0.1, 0.15) is 12.6 Å². The van der Waals surface area contributed by atoms with E-state index in [4.69, 9.17) is 23.2 Å². The third-order valence-electron chi connectivity index (χ3n) is 5.13. The summed E-state index contributed by atoms with van der Waals surface area (Å²) in [6.07, 6.45) is 1.05. The molecule has 0 unspecified atom stereocenters. The molecule has 0 aliphatic carbocycles. The number of carbonyl (C=O) groups is 2. The Bertz CT molecular complexity index is 1150. The molecule has 34 heavy (non-hydrogen) atoms. The standard InChI is InChI=1S/C24H31Cl2N3O4S/c1-15(2)27-24(31)18(5)28(13-19-7-8-20(25)12-22(19)26)23(30)14-29(34(6,32)33)21-10-16(3)9-17(4)11-21/h7-12,15,18H,13-14H2,1-6H3,(H,27,31)/t18-/m1/s1. The molecular weight excluding hydrogens is 497 g/mol. The molecule has 0 aliphatic heterocycles. The van der Waals surface area contributed by atoms with Gasteiger partial charge in [0, 0.05) is 22.6 Å². The molecule has 0 aliphatic rings. The van der Waals surface area contributed by atoms with Crippen LogP contribution in [0.4, 0.5) is 5.69 Å². The van der Waals surface area contributed by atoms with E-state index in [9.17, 15) is 18.0 Å². The summed E-state index contributed by atoms with van der Waals surface area (Å²) in [5, 5.41) is 3.58. The molecule has 0 heterocycles. The van der Waals surface area contributed by atoms with Crippen LogP contribution in [0.25, 0.3) is 0 Å². The topological polar surface area (TPSA) is 86.8 Å². The van der Waals surface area contributed by atoms with E-state index >= 15 is 0 Å². The number of nitrogens with one attached hydrogen (secondary N) is 1. The minimum Gasteiger partial charge on any atom is -0.352 e. The van der Waals surface area contributed by atoms with Crippen LogP contribution >= 0.6 is 23.2 Å². The van der Waals surface area contributed by atoms with Crippen molar-refractivity contribution >= 4 is 50.7 Å². The number of nitrogens with zero attached hydrogens (tertiary/aromatic N) is 2. The highest BCUT2D eigenvalue weighted by Gasteiger charge is 2.30. The fraction of sp³-hybridized carbons (Fsp3) is 0.417. The smallest absolute Gasteiger partial charge is 0.244 e. The normalized spacial score (nSPS) is 12.4. The number of amides is 2. The van der Waals surface area contributed by atoms with E-state index in [1.807, 2.05) is 33.8 Å². The number of carbonyl (C=O) groups excluding carboxylic acids is 2. The fourth-order valence-corrected chi connectivity index (χ4v) is 4.83. The predicted molar refractivity (Wildman–Crippen MR) is 138 cm³/mol. The number of anilines is 1. The van der Waals surface area contributed by atoms with Crippen LogP contribution in [0.2, 0.25) is 10.0 Å². The van der Waals surface area contributed by atoms with Crippen LogP contribution in [-0.2, 0) is 26.2 Å². The van der Waals surface area contributed by atoms with Crippen molar-refractivity contribution in [3.05, 3.63) is 63.1 Å². The second-order valence-electron chi connectivity index (χ2n) is 8.71. The van der Waals surface area contributed by atoms with Gasteiger partial charge in [0.25, 0.3) is 0 Å². The Balaban J connectivity index is 2.46. The van der Waals surface area contributed by atoms with Gasteiger partial charge in [-0.25, -0.2) is 8.42 Å². The van der Waals surface area contributed by atoms with E-state index < -0.39 is 28.5 Å². The van der Waals surface area contributed by atoms with Crippen LogP contribution in [0.5, 0.6) is 0 Å². The number of hydrogen-bond donors (Lipinski definition) is 1. The van der Waals surface area contributed by atoms with Gasteiger partial charge >= 0.3 is 0 Å². The van der Waals surface area contributed by atoms with E-state index in [-0.39, 0.29) is 18.5 Å². The van der Waals surface area contributed by atoms with Gasteiger partial charge in [-0.15, -0.1) is 0 Å². The summed E-state index contributed by atoms with van der Waals surface area (Å²) >= 11 is 12.3. The molecule has 0 bridgehead atoms. The molecule has 0 radical (unpaired) electrons. The van der Waals surface area contributed by atoms with Crippen molar-refractivity contribution in [1.29, 1.82) is 0 Å². The monoisotopic (exact) mass is 527 g/mol. The van der Waals surface area contributed by atoms with Gasteiger partial charge in [-0.2, -0.15) is 0 Å². The maximum absolute atomic E-state index is 13.5. The van der Waals surface area contributed by atoms with Crippen molar-refractivity contribution in [2.45, 2.75) is 53.2 Å². The zero-order valence-corrected chi connectivity index (χ0v) is 22.6. The first-order chi connectivity index (χ1) is 15.7. The van der Waals surface area contributed by atoms with E-state index in [1.54, 1.807) is 37.3 Å². The second-order valence-corrected chi connectivity index (χ2v) is 11.5. The summed E-state index contributed by atoms with van der Waals surface area (Å²) in [6, 6.07) is 9.19. The molecule has 0 saturated heterocycles. The number of halogens is 2. The van der Waals surface area contributed by atoms with Crippen LogP contribution in [0, 0.1) is 13.8 Å². The molecular formula is C24H31Cl2N3O4S.